The molecule has 1 heterocycles. The lowest BCUT2D eigenvalue weighted by Crippen LogP contribution is -2.35. The molecule has 31 heavy (non-hydrogen) atoms. The van der Waals surface area contributed by atoms with Gasteiger partial charge in [0.1, 0.15) is 6.29 Å². The van der Waals surface area contributed by atoms with Crippen LogP contribution in [-0.4, -0.2) is 54.2 Å². The van der Waals surface area contributed by atoms with Crippen molar-refractivity contribution in [3.05, 3.63) is 95.7 Å². The molecule has 158 valence electrons. The van der Waals surface area contributed by atoms with E-state index in [2.05, 4.69) is 9.88 Å². The fraction of sp³-hybridized carbons (Fsp3) is 0.192. The summed E-state index contributed by atoms with van der Waals surface area (Å²) in [4.78, 5) is 32.1. The lowest BCUT2D eigenvalue weighted by atomic mass is 10.1. The highest BCUT2D eigenvalue weighted by Crippen LogP contribution is 2.18. The minimum absolute atomic E-state index is 0.0285. The minimum atomic E-state index is -0.0285. The summed E-state index contributed by atoms with van der Waals surface area (Å²) < 4.78 is 0. The van der Waals surface area contributed by atoms with Gasteiger partial charge in [0.25, 0.3) is 0 Å². The Morgan fingerprint density at radius 2 is 1.65 bits per heavy atom. The van der Waals surface area contributed by atoms with Gasteiger partial charge in [0.15, 0.2) is 0 Å². The summed E-state index contributed by atoms with van der Waals surface area (Å²) in [5.74, 6) is -0.0285. The summed E-state index contributed by atoms with van der Waals surface area (Å²) in [7, 11) is 3.99. The highest BCUT2D eigenvalue weighted by atomic mass is 16.2. The number of aldehydes is 1. The maximum Gasteiger partial charge on any atom is 0.246 e. The van der Waals surface area contributed by atoms with E-state index >= 15 is 0 Å². The van der Waals surface area contributed by atoms with Gasteiger partial charge in [0, 0.05) is 43.0 Å². The fourth-order valence-corrected chi connectivity index (χ4v) is 3.07. The van der Waals surface area contributed by atoms with Crippen molar-refractivity contribution in [3.63, 3.8) is 0 Å². The summed E-state index contributed by atoms with van der Waals surface area (Å²) in [5, 5.41) is 0. The number of carbonyl (C=O) groups excluding carboxylic acids is 2. The number of hydrogen-bond donors (Lipinski definition) is 0. The quantitative estimate of drug-likeness (QED) is 0.390. The molecule has 0 aliphatic rings. The molecule has 1 amide bonds. The molecule has 0 radical (unpaired) electrons. The molecule has 2 aromatic carbocycles. The first-order chi connectivity index (χ1) is 15.0. The van der Waals surface area contributed by atoms with Crippen LogP contribution in [0.15, 0.2) is 79.0 Å². The molecule has 5 nitrogen and oxygen atoms in total. The van der Waals surface area contributed by atoms with Crippen LogP contribution in [-0.2, 0) is 11.3 Å². The van der Waals surface area contributed by atoms with Crippen LogP contribution >= 0.6 is 0 Å². The number of nitrogens with zero attached hydrogens (tertiary/aromatic N) is 3. The Labute approximate surface area is 183 Å². The smallest absolute Gasteiger partial charge is 0.246 e. The van der Waals surface area contributed by atoms with Crippen molar-refractivity contribution in [2.75, 3.05) is 27.2 Å². The van der Waals surface area contributed by atoms with Crippen molar-refractivity contribution < 1.29 is 9.59 Å². The van der Waals surface area contributed by atoms with Crippen LogP contribution in [0.25, 0.3) is 17.3 Å². The molecule has 3 aromatic rings. The van der Waals surface area contributed by atoms with Gasteiger partial charge in [-0.1, -0.05) is 60.7 Å². The zero-order valence-electron chi connectivity index (χ0n) is 17.9. The molecule has 0 atom stereocenters. The Morgan fingerprint density at radius 1 is 0.903 bits per heavy atom. The Kier molecular flexibility index (Phi) is 7.85. The van der Waals surface area contributed by atoms with Crippen molar-refractivity contribution in [1.82, 2.24) is 14.8 Å². The molecule has 0 aliphatic carbocycles. The van der Waals surface area contributed by atoms with E-state index in [1.54, 1.807) is 24.4 Å². The third kappa shape index (κ3) is 6.73. The molecule has 0 saturated carbocycles. The average Bonchev–Trinajstić information content (AvgIpc) is 2.81. The van der Waals surface area contributed by atoms with Gasteiger partial charge >= 0.3 is 0 Å². The van der Waals surface area contributed by atoms with Crippen LogP contribution in [0.1, 0.15) is 21.5 Å². The molecule has 0 fully saturated rings. The van der Waals surface area contributed by atoms with Crippen molar-refractivity contribution in [2.45, 2.75) is 6.54 Å². The van der Waals surface area contributed by atoms with Crippen molar-refractivity contribution in [2.24, 2.45) is 0 Å². The zero-order chi connectivity index (χ0) is 22.1. The molecular formula is C26H27N3O2. The van der Waals surface area contributed by atoms with Crippen molar-refractivity contribution in [1.29, 1.82) is 0 Å². The Hall–Kier alpha value is -3.57. The van der Waals surface area contributed by atoms with Gasteiger partial charge in [0.2, 0.25) is 5.91 Å². The van der Waals surface area contributed by atoms with Gasteiger partial charge in [-0.25, -0.2) is 0 Å². The second kappa shape index (κ2) is 11.0. The van der Waals surface area contributed by atoms with Gasteiger partial charge in [0.05, 0.1) is 5.69 Å². The van der Waals surface area contributed by atoms with Crippen LogP contribution < -0.4 is 0 Å². The van der Waals surface area contributed by atoms with Crippen molar-refractivity contribution >= 4 is 18.3 Å². The number of rotatable bonds is 9. The first-order valence-corrected chi connectivity index (χ1v) is 10.2. The van der Waals surface area contributed by atoms with Crippen LogP contribution in [0.5, 0.6) is 0 Å². The van der Waals surface area contributed by atoms with Crippen LogP contribution in [0.4, 0.5) is 0 Å². The number of benzene rings is 2. The third-order valence-electron chi connectivity index (χ3n) is 4.89. The highest BCUT2D eigenvalue weighted by molar-refractivity contribution is 5.91. The molecule has 0 saturated heterocycles. The summed E-state index contributed by atoms with van der Waals surface area (Å²) in [6.45, 7) is 1.89. The molecule has 0 spiro atoms. The summed E-state index contributed by atoms with van der Waals surface area (Å²) in [6.07, 6.45) is 6.10. The second-order valence-corrected chi connectivity index (χ2v) is 7.60. The van der Waals surface area contributed by atoms with E-state index in [-0.39, 0.29) is 5.91 Å². The lowest BCUT2D eigenvalue weighted by molar-refractivity contribution is -0.126. The van der Waals surface area contributed by atoms with E-state index in [4.69, 9.17) is 0 Å². The number of carbonyl (C=O) groups is 2. The minimum Gasteiger partial charge on any atom is -0.333 e. The molecule has 5 heteroatoms. The van der Waals surface area contributed by atoms with Gasteiger partial charge in [-0.2, -0.15) is 0 Å². The SMILES string of the molecule is CN(C)CCN(Cc1ccc(-c2ccc(C=O)cc2)nc1)C(=O)C=Cc1ccccc1. The van der Waals surface area contributed by atoms with E-state index in [0.29, 0.717) is 18.7 Å². The topological polar surface area (TPSA) is 53.5 Å². The largest absolute Gasteiger partial charge is 0.333 e. The average molecular weight is 414 g/mol. The highest BCUT2D eigenvalue weighted by Gasteiger charge is 2.12. The molecule has 3 rings (SSSR count). The molecular weight excluding hydrogens is 386 g/mol. The van der Waals surface area contributed by atoms with Gasteiger partial charge < -0.3 is 9.80 Å². The fourth-order valence-electron chi connectivity index (χ4n) is 3.07. The number of hydrogen-bond acceptors (Lipinski definition) is 4. The Bertz CT molecular complexity index is 1010. The Balaban J connectivity index is 1.71. The first-order valence-electron chi connectivity index (χ1n) is 10.2. The predicted molar refractivity (Wildman–Crippen MR) is 125 cm³/mol. The van der Waals surface area contributed by atoms with Crippen LogP contribution in [0.3, 0.4) is 0 Å². The predicted octanol–water partition coefficient (Wildman–Crippen LogP) is 4.16. The van der Waals surface area contributed by atoms with E-state index in [9.17, 15) is 9.59 Å². The molecule has 0 unspecified atom stereocenters. The third-order valence-corrected chi connectivity index (χ3v) is 4.89. The molecule has 0 N–H and O–H groups in total. The zero-order valence-corrected chi connectivity index (χ0v) is 17.9. The standard InChI is InChI=1S/C26H27N3O2/c1-28(2)16-17-29(26(31)15-11-21-6-4-3-5-7-21)19-23-10-14-25(27-18-23)24-12-8-22(20-30)9-13-24/h3-15,18,20H,16-17,19H2,1-2H3. The summed E-state index contributed by atoms with van der Waals surface area (Å²) in [5.41, 5.74) is 4.38. The van der Waals surface area contributed by atoms with Gasteiger partial charge in [-0.15, -0.1) is 0 Å². The van der Waals surface area contributed by atoms with Gasteiger partial charge in [-0.3, -0.25) is 14.6 Å². The molecule has 0 aliphatic heterocycles. The van der Waals surface area contributed by atoms with E-state index < -0.39 is 0 Å². The normalized spacial score (nSPS) is 11.1. The van der Waals surface area contributed by atoms with Crippen LogP contribution in [0.2, 0.25) is 0 Å². The Morgan fingerprint density at radius 3 is 2.26 bits per heavy atom. The monoisotopic (exact) mass is 413 g/mol. The number of aromatic nitrogens is 1. The molecule has 1 aromatic heterocycles. The first kappa shape index (κ1) is 22.1. The van der Waals surface area contributed by atoms with E-state index in [1.165, 1.54) is 0 Å². The molecule has 0 bridgehead atoms. The maximum atomic E-state index is 12.9. The van der Waals surface area contributed by atoms with Gasteiger partial charge in [-0.05, 0) is 37.4 Å². The lowest BCUT2D eigenvalue weighted by Gasteiger charge is -2.23. The van der Waals surface area contributed by atoms with E-state index in [1.807, 2.05) is 79.7 Å². The van der Waals surface area contributed by atoms with Crippen molar-refractivity contribution in [3.8, 4) is 11.3 Å². The number of pyridine rings is 1. The summed E-state index contributed by atoms with van der Waals surface area (Å²) in [6, 6.07) is 21.1. The van der Waals surface area contributed by atoms with E-state index in [0.717, 1.165) is 35.2 Å². The summed E-state index contributed by atoms with van der Waals surface area (Å²) >= 11 is 0. The maximum absolute atomic E-state index is 12.9. The number of likely N-dealkylation sites (N-methyl/N-ethyl adjacent to an activating group) is 1. The van der Waals surface area contributed by atoms with Crippen LogP contribution in [0, 0.1) is 0 Å². The second-order valence-electron chi connectivity index (χ2n) is 7.60. The number of amides is 1.